The molecule has 0 radical (unpaired) electrons. The molecule has 3 heteroatoms. The van der Waals surface area contributed by atoms with Crippen molar-refractivity contribution in [2.75, 3.05) is 0 Å². The molecule has 2 aromatic rings. The van der Waals surface area contributed by atoms with Gasteiger partial charge in [-0.05, 0) is 25.0 Å². The lowest BCUT2D eigenvalue weighted by molar-refractivity contribution is 0.197. The van der Waals surface area contributed by atoms with E-state index in [0.717, 1.165) is 16.7 Å². The Balaban J connectivity index is 2.05. The predicted octanol–water partition coefficient (Wildman–Crippen LogP) is 3.02. The first-order chi connectivity index (χ1) is 8.66. The van der Waals surface area contributed by atoms with E-state index < -0.39 is 6.10 Å². The summed E-state index contributed by atoms with van der Waals surface area (Å²) in [5.41, 5.74) is 2.93. The van der Waals surface area contributed by atoms with Crippen LogP contribution in [0.2, 0.25) is 0 Å². The molecular weight excluding hydrogens is 226 g/mol. The van der Waals surface area contributed by atoms with Crippen molar-refractivity contribution in [2.45, 2.75) is 26.6 Å². The van der Waals surface area contributed by atoms with Crippen LogP contribution < -0.4 is 4.74 Å². The van der Waals surface area contributed by atoms with E-state index in [0.29, 0.717) is 12.5 Å². The standard InChI is InChI=1S/C15H17NO2/c1-11-8-15(16-9-14(11)12(2)17)18-10-13-6-4-3-5-7-13/h3-9,12,17H,10H2,1-2H3/t12-/m0/s1. The van der Waals surface area contributed by atoms with Crippen LogP contribution in [-0.4, -0.2) is 10.1 Å². The van der Waals surface area contributed by atoms with Crippen LogP contribution in [0.5, 0.6) is 5.88 Å². The van der Waals surface area contributed by atoms with E-state index in [4.69, 9.17) is 4.74 Å². The van der Waals surface area contributed by atoms with E-state index in [1.165, 1.54) is 0 Å². The third-order valence-corrected chi connectivity index (χ3v) is 2.81. The van der Waals surface area contributed by atoms with Gasteiger partial charge in [0.15, 0.2) is 0 Å². The molecule has 0 unspecified atom stereocenters. The monoisotopic (exact) mass is 243 g/mol. The van der Waals surface area contributed by atoms with Crippen molar-refractivity contribution in [3.8, 4) is 5.88 Å². The fourth-order valence-electron chi connectivity index (χ4n) is 1.79. The number of hydrogen-bond acceptors (Lipinski definition) is 3. The Kier molecular flexibility index (Phi) is 3.95. The van der Waals surface area contributed by atoms with Crippen LogP contribution in [0.25, 0.3) is 0 Å². The van der Waals surface area contributed by atoms with Crippen molar-refractivity contribution >= 4 is 0 Å². The van der Waals surface area contributed by atoms with E-state index in [1.807, 2.05) is 43.3 Å². The third kappa shape index (κ3) is 3.08. The Morgan fingerprint density at radius 3 is 2.61 bits per heavy atom. The van der Waals surface area contributed by atoms with E-state index in [1.54, 1.807) is 13.1 Å². The van der Waals surface area contributed by atoms with E-state index in [-0.39, 0.29) is 0 Å². The van der Waals surface area contributed by atoms with Crippen molar-refractivity contribution in [3.63, 3.8) is 0 Å². The number of benzene rings is 1. The molecule has 2 rings (SSSR count). The fraction of sp³-hybridized carbons (Fsp3) is 0.267. The van der Waals surface area contributed by atoms with Gasteiger partial charge in [0.05, 0.1) is 6.10 Å². The zero-order chi connectivity index (χ0) is 13.0. The Morgan fingerprint density at radius 2 is 2.00 bits per heavy atom. The summed E-state index contributed by atoms with van der Waals surface area (Å²) in [6.45, 7) is 4.18. The molecular formula is C15H17NO2. The molecule has 0 aliphatic rings. The van der Waals surface area contributed by atoms with Gasteiger partial charge in [0.2, 0.25) is 5.88 Å². The summed E-state index contributed by atoms with van der Waals surface area (Å²) in [5, 5.41) is 9.52. The summed E-state index contributed by atoms with van der Waals surface area (Å²) in [6, 6.07) is 11.8. The Morgan fingerprint density at radius 1 is 1.28 bits per heavy atom. The average molecular weight is 243 g/mol. The third-order valence-electron chi connectivity index (χ3n) is 2.81. The number of aryl methyl sites for hydroxylation is 1. The van der Waals surface area contributed by atoms with Crippen molar-refractivity contribution in [1.29, 1.82) is 0 Å². The van der Waals surface area contributed by atoms with Crippen LogP contribution in [0.1, 0.15) is 29.7 Å². The predicted molar refractivity (Wildman–Crippen MR) is 70.4 cm³/mol. The summed E-state index contributed by atoms with van der Waals surface area (Å²) in [4.78, 5) is 4.19. The van der Waals surface area contributed by atoms with Gasteiger partial charge in [-0.1, -0.05) is 30.3 Å². The van der Waals surface area contributed by atoms with Crippen LogP contribution in [0.15, 0.2) is 42.6 Å². The minimum absolute atomic E-state index is 0.499. The van der Waals surface area contributed by atoms with Gasteiger partial charge < -0.3 is 9.84 Å². The molecule has 3 nitrogen and oxygen atoms in total. The molecule has 0 amide bonds. The number of pyridine rings is 1. The topological polar surface area (TPSA) is 42.4 Å². The van der Waals surface area contributed by atoms with Crippen LogP contribution in [0.4, 0.5) is 0 Å². The maximum Gasteiger partial charge on any atom is 0.213 e. The second-order valence-electron chi connectivity index (χ2n) is 4.33. The van der Waals surface area contributed by atoms with Gasteiger partial charge in [-0.2, -0.15) is 0 Å². The van der Waals surface area contributed by atoms with E-state index >= 15 is 0 Å². The van der Waals surface area contributed by atoms with Crippen molar-refractivity contribution in [3.05, 3.63) is 59.3 Å². The van der Waals surface area contributed by atoms with Crippen LogP contribution in [-0.2, 0) is 6.61 Å². The number of aliphatic hydroxyl groups excluding tert-OH is 1. The van der Waals surface area contributed by atoms with Gasteiger partial charge >= 0.3 is 0 Å². The number of rotatable bonds is 4. The summed E-state index contributed by atoms with van der Waals surface area (Å²) in [5.74, 6) is 0.584. The first kappa shape index (κ1) is 12.6. The zero-order valence-corrected chi connectivity index (χ0v) is 10.6. The van der Waals surface area contributed by atoms with Crippen molar-refractivity contribution < 1.29 is 9.84 Å². The van der Waals surface area contributed by atoms with Gasteiger partial charge in [0, 0.05) is 17.8 Å². The highest BCUT2D eigenvalue weighted by Gasteiger charge is 2.07. The molecule has 0 bridgehead atoms. The SMILES string of the molecule is Cc1cc(OCc2ccccc2)ncc1[C@H](C)O. The van der Waals surface area contributed by atoms with Gasteiger partial charge in [-0.3, -0.25) is 0 Å². The zero-order valence-electron chi connectivity index (χ0n) is 10.6. The molecule has 94 valence electrons. The second-order valence-corrected chi connectivity index (χ2v) is 4.33. The normalized spacial score (nSPS) is 12.2. The van der Waals surface area contributed by atoms with Crippen LogP contribution in [0.3, 0.4) is 0 Å². The van der Waals surface area contributed by atoms with Gasteiger partial charge in [0.25, 0.3) is 0 Å². The molecule has 1 atom stereocenters. The Hall–Kier alpha value is -1.87. The summed E-state index contributed by atoms with van der Waals surface area (Å²) >= 11 is 0. The first-order valence-electron chi connectivity index (χ1n) is 5.98. The number of ether oxygens (including phenoxy) is 1. The molecule has 0 aliphatic carbocycles. The second kappa shape index (κ2) is 5.65. The first-order valence-corrected chi connectivity index (χ1v) is 5.98. The lowest BCUT2D eigenvalue weighted by Gasteiger charge is -2.10. The van der Waals surface area contributed by atoms with Gasteiger partial charge in [0.1, 0.15) is 6.61 Å². The minimum Gasteiger partial charge on any atom is -0.473 e. The highest BCUT2D eigenvalue weighted by Crippen LogP contribution is 2.20. The van der Waals surface area contributed by atoms with E-state index in [2.05, 4.69) is 4.98 Å². The van der Waals surface area contributed by atoms with Crippen LogP contribution >= 0.6 is 0 Å². The van der Waals surface area contributed by atoms with Crippen molar-refractivity contribution in [1.82, 2.24) is 4.98 Å². The number of aliphatic hydroxyl groups is 1. The molecule has 1 aromatic carbocycles. The largest absolute Gasteiger partial charge is 0.473 e. The van der Waals surface area contributed by atoms with E-state index in [9.17, 15) is 5.11 Å². The molecule has 0 fully saturated rings. The van der Waals surface area contributed by atoms with Gasteiger partial charge in [-0.15, -0.1) is 0 Å². The average Bonchev–Trinajstić information content (AvgIpc) is 2.37. The smallest absolute Gasteiger partial charge is 0.213 e. The molecule has 18 heavy (non-hydrogen) atoms. The fourth-order valence-corrected chi connectivity index (χ4v) is 1.79. The molecule has 1 heterocycles. The molecule has 0 saturated heterocycles. The van der Waals surface area contributed by atoms with Gasteiger partial charge in [-0.25, -0.2) is 4.98 Å². The molecule has 0 spiro atoms. The number of hydrogen-bond donors (Lipinski definition) is 1. The van der Waals surface area contributed by atoms with Crippen LogP contribution in [0, 0.1) is 6.92 Å². The quantitative estimate of drug-likeness (QED) is 0.897. The molecule has 1 aromatic heterocycles. The highest BCUT2D eigenvalue weighted by molar-refractivity contribution is 5.29. The Labute approximate surface area is 107 Å². The molecule has 1 N–H and O–H groups in total. The number of nitrogens with zero attached hydrogens (tertiary/aromatic N) is 1. The summed E-state index contributed by atoms with van der Waals surface area (Å²) in [7, 11) is 0. The minimum atomic E-state index is -0.499. The lowest BCUT2D eigenvalue weighted by Crippen LogP contribution is -2.01. The number of aromatic nitrogens is 1. The lowest BCUT2D eigenvalue weighted by atomic mass is 10.1. The maximum absolute atomic E-state index is 9.52. The molecule has 0 aliphatic heterocycles. The van der Waals surface area contributed by atoms with Crippen molar-refractivity contribution in [2.24, 2.45) is 0 Å². The summed E-state index contributed by atoms with van der Waals surface area (Å²) < 4.78 is 5.61. The maximum atomic E-state index is 9.52. The highest BCUT2D eigenvalue weighted by atomic mass is 16.5. The molecule has 0 saturated carbocycles. The Bertz CT molecular complexity index is 509. The summed E-state index contributed by atoms with van der Waals surface area (Å²) in [6.07, 6.45) is 1.17.